The number of nitrogens with one attached hydrogen (secondary N) is 2. The van der Waals surface area contributed by atoms with E-state index in [9.17, 15) is 9.18 Å². The zero-order valence-corrected chi connectivity index (χ0v) is 13.9. The van der Waals surface area contributed by atoms with Gasteiger partial charge < -0.3 is 20.6 Å². The fourth-order valence-electron chi connectivity index (χ4n) is 2.81. The molecule has 1 unspecified atom stereocenters. The third-order valence-corrected chi connectivity index (χ3v) is 4.51. The van der Waals surface area contributed by atoms with Crippen LogP contribution in [0, 0.1) is 5.82 Å². The van der Waals surface area contributed by atoms with Crippen molar-refractivity contribution in [2.45, 2.75) is 45.1 Å². The Balaban J connectivity index is 1.99. The first kappa shape index (κ1) is 17.5. The molecule has 1 fully saturated rings. The normalized spacial score (nSPS) is 17.0. The van der Waals surface area contributed by atoms with Gasteiger partial charge in [-0.15, -0.1) is 0 Å². The van der Waals surface area contributed by atoms with Crippen LogP contribution < -0.4 is 15.5 Å². The van der Waals surface area contributed by atoms with Crippen molar-refractivity contribution in [3.8, 4) is 0 Å². The van der Waals surface area contributed by atoms with Crippen molar-refractivity contribution >= 4 is 17.4 Å². The average molecular weight is 323 g/mol. The molecule has 0 aromatic heterocycles. The van der Waals surface area contributed by atoms with Gasteiger partial charge in [0.2, 0.25) is 0 Å². The third-order valence-electron chi connectivity index (χ3n) is 4.51. The van der Waals surface area contributed by atoms with Crippen molar-refractivity contribution in [3.05, 3.63) is 24.0 Å². The van der Waals surface area contributed by atoms with Crippen molar-refractivity contribution < 1.29 is 14.3 Å². The van der Waals surface area contributed by atoms with E-state index >= 15 is 0 Å². The van der Waals surface area contributed by atoms with E-state index in [-0.39, 0.29) is 12.4 Å². The van der Waals surface area contributed by atoms with E-state index in [1.54, 1.807) is 12.1 Å². The molecule has 0 spiro atoms. The summed E-state index contributed by atoms with van der Waals surface area (Å²) in [4.78, 5) is 14.1. The summed E-state index contributed by atoms with van der Waals surface area (Å²) in [5.41, 5.74) is 0.532. The highest BCUT2D eigenvalue weighted by Crippen LogP contribution is 2.26. The summed E-state index contributed by atoms with van der Waals surface area (Å²) in [7, 11) is 0. The molecule has 23 heavy (non-hydrogen) atoms. The van der Waals surface area contributed by atoms with Gasteiger partial charge in [-0.1, -0.05) is 6.92 Å². The van der Waals surface area contributed by atoms with E-state index in [1.165, 1.54) is 6.07 Å². The van der Waals surface area contributed by atoms with Crippen molar-refractivity contribution in [2.75, 3.05) is 29.9 Å². The first-order chi connectivity index (χ1) is 11.0. The molecule has 0 radical (unpaired) electrons. The summed E-state index contributed by atoms with van der Waals surface area (Å²) in [6, 6.07) is 4.38. The van der Waals surface area contributed by atoms with Crippen LogP contribution in [-0.2, 0) is 0 Å². The Morgan fingerprint density at radius 2 is 2.09 bits per heavy atom. The van der Waals surface area contributed by atoms with Gasteiger partial charge >= 0.3 is 6.03 Å². The van der Waals surface area contributed by atoms with E-state index < -0.39 is 11.6 Å². The Morgan fingerprint density at radius 1 is 1.39 bits per heavy atom. The molecule has 0 aliphatic carbocycles. The van der Waals surface area contributed by atoms with Crippen LogP contribution in [0.1, 0.15) is 39.5 Å². The fraction of sp³-hybridized carbons (Fsp3) is 0.588. The molecule has 6 heteroatoms. The van der Waals surface area contributed by atoms with Crippen LogP contribution in [0.5, 0.6) is 0 Å². The standard InChI is InChI=1S/C17H26FN3O2/c1-3-17(2,8-11-22)20-16(23)19-13-6-7-15(14(18)12-13)21-9-4-5-10-21/h6-7,12,22H,3-5,8-11H2,1-2H3,(H2,19,20,23). The molecule has 2 amide bonds. The first-order valence-corrected chi connectivity index (χ1v) is 8.22. The minimum atomic E-state index is -0.479. The molecule has 1 atom stereocenters. The molecule has 128 valence electrons. The van der Waals surface area contributed by atoms with Gasteiger partial charge in [0.15, 0.2) is 0 Å². The number of carbonyl (C=O) groups is 1. The molecule has 0 saturated carbocycles. The van der Waals surface area contributed by atoms with Crippen LogP contribution >= 0.6 is 0 Å². The number of anilines is 2. The lowest BCUT2D eigenvalue weighted by Gasteiger charge is -2.29. The minimum Gasteiger partial charge on any atom is -0.396 e. The number of hydrogen-bond acceptors (Lipinski definition) is 3. The highest BCUT2D eigenvalue weighted by atomic mass is 19.1. The molecule has 5 nitrogen and oxygen atoms in total. The number of amides is 2. The van der Waals surface area contributed by atoms with Gasteiger partial charge in [0.1, 0.15) is 5.82 Å². The maximum absolute atomic E-state index is 14.2. The molecule has 0 bridgehead atoms. The summed E-state index contributed by atoms with van der Waals surface area (Å²) in [5.74, 6) is -0.321. The summed E-state index contributed by atoms with van der Waals surface area (Å²) >= 11 is 0. The van der Waals surface area contributed by atoms with Crippen LogP contribution in [0.2, 0.25) is 0 Å². The van der Waals surface area contributed by atoms with Crippen molar-refractivity contribution in [1.82, 2.24) is 5.32 Å². The van der Waals surface area contributed by atoms with Crippen molar-refractivity contribution in [3.63, 3.8) is 0 Å². The van der Waals surface area contributed by atoms with Gasteiger partial charge in [0.25, 0.3) is 0 Å². The number of hydrogen-bond donors (Lipinski definition) is 3. The first-order valence-electron chi connectivity index (χ1n) is 8.22. The van der Waals surface area contributed by atoms with Crippen LogP contribution in [0.3, 0.4) is 0 Å². The third kappa shape index (κ3) is 4.58. The Kier molecular flexibility index (Phi) is 5.82. The molecule has 1 aliphatic heterocycles. The van der Waals surface area contributed by atoms with E-state index in [0.717, 1.165) is 25.9 Å². The highest BCUT2D eigenvalue weighted by Gasteiger charge is 2.24. The number of rotatable bonds is 6. The quantitative estimate of drug-likeness (QED) is 0.754. The number of urea groups is 1. The van der Waals surface area contributed by atoms with Gasteiger partial charge in [0.05, 0.1) is 5.69 Å². The Labute approximate surface area is 136 Å². The summed E-state index contributed by atoms with van der Waals surface area (Å²) in [5, 5.41) is 14.6. The molecule has 3 N–H and O–H groups in total. The SMILES string of the molecule is CCC(C)(CCO)NC(=O)Nc1ccc(N2CCCC2)c(F)c1. The van der Waals surface area contributed by atoms with Gasteiger partial charge in [-0.25, -0.2) is 9.18 Å². The Bertz CT molecular complexity index is 547. The van der Waals surface area contributed by atoms with E-state index in [4.69, 9.17) is 5.11 Å². The highest BCUT2D eigenvalue weighted by molar-refractivity contribution is 5.90. The smallest absolute Gasteiger partial charge is 0.319 e. The van der Waals surface area contributed by atoms with Crippen LogP contribution in [-0.4, -0.2) is 36.4 Å². The van der Waals surface area contributed by atoms with E-state index in [2.05, 4.69) is 10.6 Å². The minimum absolute atomic E-state index is 0.00375. The van der Waals surface area contributed by atoms with Gasteiger partial charge in [-0.2, -0.15) is 0 Å². The second-order valence-electron chi connectivity index (χ2n) is 6.33. The van der Waals surface area contributed by atoms with E-state index in [0.29, 0.717) is 24.2 Å². The van der Waals surface area contributed by atoms with Crippen LogP contribution in [0.25, 0.3) is 0 Å². The maximum atomic E-state index is 14.2. The predicted molar refractivity (Wildman–Crippen MR) is 90.4 cm³/mol. The summed E-state index contributed by atoms with van der Waals surface area (Å²) in [6.07, 6.45) is 3.34. The summed E-state index contributed by atoms with van der Waals surface area (Å²) < 4.78 is 14.2. The molecule has 1 aliphatic rings. The number of carbonyl (C=O) groups excluding carboxylic acids is 1. The lowest BCUT2D eigenvalue weighted by molar-refractivity contribution is 0.208. The molecule has 1 aromatic rings. The monoisotopic (exact) mass is 323 g/mol. The molecule has 1 heterocycles. The fourth-order valence-corrected chi connectivity index (χ4v) is 2.81. The average Bonchev–Trinajstić information content (AvgIpc) is 3.01. The van der Waals surface area contributed by atoms with Gasteiger partial charge in [-0.05, 0) is 50.8 Å². The van der Waals surface area contributed by atoms with Crippen molar-refractivity contribution in [1.29, 1.82) is 0 Å². The molecular weight excluding hydrogens is 297 g/mol. The number of halogens is 1. The number of benzene rings is 1. The number of nitrogens with zero attached hydrogens (tertiary/aromatic N) is 1. The Hall–Kier alpha value is -1.82. The summed E-state index contributed by atoms with van der Waals surface area (Å²) in [6.45, 7) is 5.57. The van der Waals surface area contributed by atoms with Gasteiger partial charge in [0, 0.05) is 30.9 Å². The second-order valence-corrected chi connectivity index (χ2v) is 6.33. The largest absolute Gasteiger partial charge is 0.396 e. The molecule has 1 saturated heterocycles. The van der Waals surface area contributed by atoms with Crippen LogP contribution in [0.4, 0.5) is 20.6 Å². The lowest BCUT2D eigenvalue weighted by atomic mass is 9.95. The van der Waals surface area contributed by atoms with Crippen molar-refractivity contribution in [2.24, 2.45) is 0 Å². The number of aliphatic hydroxyl groups is 1. The molecular formula is C17H26FN3O2. The molecule has 1 aromatic carbocycles. The zero-order chi connectivity index (χ0) is 16.9. The zero-order valence-electron chi connectivity index (χ0n) is 13.9. The number of aliphatic hydroxyl groups excluding tert-OH is 1. The van der Waals surface area contributed by atoms with Crippen LogP contribution in [0.15, 0.2) is 18.2 Å². The second kappa shape index (κ2) is 7.64. The Morgan fingerprint density at radius 3 is 2.65 bits per heavy atom. The predicted octanol–water partition coefficient (Wildman–Crippen LogP) is 3.10. The topological polar surface area (TPSA) is 64.6 Å². The molecule has 2 rings (SSSR count). The van der Waals surface area contributed by atoms with Gasteiger partial charge in [-0.3, -0.25) is 0 Å². The lowest BCUT2D eigenvalue weighted by Crippen LogP contribution is -2.48. The maximum Gasteiger partial charge on any atom is 0.319 e. The van der Waals surface area contributed by atoms with E-state index in [1.807, 2.05) is 18.7 Å².